The first-order valence-corrected chi connectivity index (χ1v) is 10.4. The SMILES string of the molecule is COc1cccc(N2CCN(C(=O)C34CC5CC(CC(O)(C5)C3)C4)CC2)c1. The van der Waals surface area contributed by atoms with Crippen LogP contribution in [0.5, 0.6) is 5.75 Å². The van der Waals surface area contributed by atoms with E-state index < -0.39 is 5.60 Å². The Bertz CT molecular complexity index is 727. The molecule has 0 aromatic heterocycles. The first-order chi connectivity index (χ1) is 13.0. The molecule has 4 bridgehead atoms. The van der Waals surface area contributed by atoms with E-state index in [2.05, 4.69) is 21.9 Å². The van der Waals surface area contributed by atoms with Crippen molar-refractivity contribution in [2.75, 3.05) is 38.2 Å². The fraction of sp³-hybridized carbons (Fsp3) is 0.682. The Morgan fingerprint density at radius 2 is 1.81 bits per heavy atom. The van der Waals surface area contributed by atoms with Crippen molar-refractivity contribution in [3.63, 3.8) is 0 Å². The van der Waals surface area contributed by atoms with Crippen molar-refractivity contribution in [2.24, 2.45) is 17.3 Å². The maximum atomic E-state index is 13.5. The molecule has 5 fully saturated rings. The van der Waals surface area contributed by atoms with Crippen LogP contribution < -0.4 is 9.64 Å². The van der Waals surface area contributed by atoms with Crippen molar-refractivity contribution in [3.8, 4) is 5.75 Å². The lowest BCUT2D eigenvalue weighted by Gasteiger charge is -2.60. The number of ether oxygens (including phenoxy) is 1. The molecule has 1 saturated heterocycles. The second kappa shape index (κ2) is 6.13. The first-order valence-electron chi connectivity index (χ1n) is 10.4. The molecular weight excluding hydrogens is 340 g/mol. The minimum absolute atomic E-state index is 0.281. The molecule has 2 unspecified atom stereocenters. The lowest BCUT2D eigenvalue weighted by molar-refractivity contribution is -0.186. The molecule has 0 radical (unpaired) electrons. The zero-order valence-corrected chi connectivity index (χ0v) is 16.2. The Morgan fingerprint density at radius 1 is 1.11 bits per heavy atom. The molecule has 1 aliphatic heterocycles. The molecule has 1 aromatic rings. The third-order valence-corrected chi connectivity index (χ3v) is 7.47. The van der Waals surface area contributed by atoms with Gasteiger partial charge in [0.15, 0.2) is 0 Å². The van der Waals surface area contributed by atoms with Crippen LogP contribution in [-0.4, -0.2) is 54.8 Å². The number of methoxy groups -OCH3 is 1. The lowest BCUT2D eigenvalue weighted by atomic mass is 9.47. The van der Waals surface area contributed by atoms with Gasteiger partial charge < -0.3 is 19.6 Å². The van der Waals surface area contributed by atoms with Crippen LogP contribution in [0, 0.1) is 17.3 Å². The van der Waals surface area contributed by atoms with Gasteiger partial charge in [-0.15, -0.1) is 0 Å². The van der Waals surface area contributed by atoms with E-state index in [0.717, 1.165) is 63.3 Å². The molecular formula is C22H30N2O3. The normalized spacial score (nSPS) is 37.6. The largest absolute Gasteiger partial charge is 0.497 e. The van der Waals surface area contributed by atoms with E-state index in [4.69, 9.17) is 4.74 Å². The molecule has 4 aliphatic carbocycles. The van der Waals surface area contributed by atoms with Gasteiger partial charge in [-0.3, -0.25) is 4.79 Å². The molecule has 1 amide bonds. The van der Waals surface area contributed by atoms with Gasteiger partial charge in [0.25, 0.3) is 0 Å². The topological polar surface area (TPSA) is 53.0 Å². The average molecular weight is 370 g/mol. The molecule has 6 rings (SSSR count). The Hall–Kier alpha value is -1.75. The lowest BCUT2D eigenvalue weighted by Crippen LogP contribution is -2.62. The van der Waals surface area contributed by atoms with Gasteiger partial charge in [0.05, 0.1) is 18.1 Å². The summed E-state index contributed by atoms with van der Waals surface area (Å²) in [7, 11) is 1.69. The molecule has 0 spiro atoms. The molecule has 5 nitrogen and oxygen atoms in total. The van der Waals surface area contributed by atoms with Gasteiger partial charge in [0.1, 0.15) is 5.75 Å². The summed E-state index contributed by atoms with van der Waals surface area (Å²) in [6, 6.07) is 8.14. The molecule has 5 aliphatic rings. The smallest absolute Gasteiger partial charge is 0.229 e. The van der Waals surface area contributed by atoms with Crippen molar-refractivity contribution in [3.05, 3.63) is 24.3 Å². The predicted molar refractivity (Wildman–Crippen MR) is 104 cm³/mol. The van der Waals surface area contributed by atoms with Gasteiger partial charge in [-0.1, -0.05) is 6.07 Å². The van der Waals surface area contributed by atoms with Gasteiger partial charge in [0, 0.05) is 37.9 Å². The Kier molecular flexibility index (Phi) is 3.94. The van der Waals surface area contributed by atoms with E-state index in [1.807, 2.05) is 12.1 Å². The minimum atomic E-state index is -0.567. The Morgan fingerprint density at radius 3 is 2.44 bits per heavy atom. The first kappa shape index (κ1) is 17.4. The molecule has 1 aromatic carbocycles. The molecule has 4 saturated carbocycles. The van der Waals surface area contributed by atoms with Crippen molar-refractivity contribution in [1.82, 2.24) is 4.90 Å². The summed E-state index contributed by atoms with van der Waals surface area (Å²) < 4.78 is 5.34. The highest BCUT2D eigenvalue weighted by Crippen LogP contribution is 2.62. The highest BCUT2D eigenvalue weighted by molar-refractivity contribution is 5.84. The van der Waals surface area contributed by atoms with E-state index in [1.54, 1.807) is 7.11 Å². The van der Waals surface area contributed by atoms with Crippen molar-refractivity contribution in [2.45, 2.75) is 44.1 Å². The van der Waals surface area contributed by atoms with Crippen LogP contribution in [0.15, 0.2) is 24.3 Å². The molecule has 5 heteroatoms. The van der Waals surface area contributed by atoms with E-state index in [9.17, 15) is 9.90 Å². The maximum absolute atomic E-state index is 13.5. The summed E-state index contributed by atoms with van der Waals surface area (Å²) in [4.78, 5) is 17.9. The third kappa shape index (κ3) is 2.91. The van der Waals surface area contributed by atoms with Crippen molar-refractivity contribution >= 4 is 11.6 Å². The number of hydrogen-bond acceptors (Lipinski definition) is 4. The van der Waals surface area contributed by atoms with Gasteiger partial charge in [-0.25, -0.2) is 0 Å². The zero-order valence-electron chi connectivity index (χ0n) is 16.2. The van der Waals surface area contributed by atoms with Crippen LogP contribution in [0.3, 0.4) is 0 Å². The second-order valence-corrected chi connectivity index (χ2v) is 9.45. The third-order valence-electron chi connectivity index (χ3n) is 7.47. The average Bonchev–Trinajstić information content (AvgIpc) is 2.66. The van der Waals surface area contributed by atoms with Gasteiger partial charge >= 0.3 is 0 Å². The van der Waals surface area contributed by atoms with Crippen molar-refractivity contribution in [1.29, 1.82) is 0 Å². The van der Waals surface area contributed by atoms with E-state index in [-0.39, 0.29) is 5.41 Å². The summed E-state index contributed by atoms with van der Waals surface area (Å²) in [6.07, 6.45) is 5.76. The summed E-state index contributed by atoms with van der Waals surface area (Å²) in [6.45, 7) is 3.25. The highest BCUT2D eigenvalue weighted by atomic mass is 16.5. The van der Waals surface area contributed by atoms with Crippen molar-refractivity contribution < 1.29 is 14.6 Å². The number of anilines is 1. The highest BCUT2D eigenvalue weighted by Gasteiger charge is 2.60. The standard InChI is InChI=1S/C22H30N2O3/c1-27-19-4-2-3-18(10-19)23-5-7-24(8-6-23)20(25)21-11-16-9-17(12-21)14-22(26,13-16)15-21/h2-4,10,16-17,26H,5-9,11-15H2,1H3. The quantitative estimate of drug-likeness (QED) is 0.889. The number of piperazine rings is 1. The minimum Gasteiger partial charge on any atom is -0.497 e. The van der Waals surface area contributed by atoms with Crippen LogP contribution in [-0.2, 0) is 4.79 Å². The molecule has 146 valence electrons. The van der Waals surface area contributed by atoms with E-state index in [1.165, 1.54) is 6.42 Å². The van der Waals surface area contributed by atoms with Crippen LogP contribution in [0.4, 0.5) is 5.69 Å². The summed E-state index contributed by atoms with van der Waals surface area (Å²) in [5.74, 6) is 2.30. The molecule has 1 N–H and O–H groups in total. The second-order valence-electron chi connectivity index (χ2n) is 9.45. The number of rotatable bonds is 3. The van der Waals surface area contributed by atoms with Gasteiger partial charge in [-0.05, 0) is 62.5 Å². The Labute approximate surface area is 161 Å². The van der Waals surface area contributed by atoms with Crippen LogP contribution in [0.1, 0.15) is 38.5 Å². The fourth-order valence-corrected chi connectivity index (χ4v) is 6.77. The number of nitrogens with zero attached hydrogens (tertiary/aromatic N) is 2. The summed E-state index contributed by atoms with van der Waals surface area (Å²) in [5, 5.41) is 11.0. The van der Waals surface area contributed by atoms with E-state index in [0.29, 0.717) is 24.2 Å². The number of aliphatic hydroxyl groups is 1. The summed E-state index contributed by atoms with van der Waals surface area (Å²) >= 11 is 0. The fourth-order valence-electron chi connectivity index (χ4n) is 6.77. The number of benzene rings is 1. The van der Waals surface area contributed by atoms with Crippen LogP contribution in [0.2, 0.25) is 0 Å². The monoisotopic (exact) mass is 370 g/mol. The number of hydrogen-bond donors (Lipinski definition) is 1. The number of amides is 1. The van der Waals surface area contributed by atoms with Crippen LogP contribution >= 0.6 is 0 Å². The summed E-state index contributed by atoms with van der Waals surface area (Å²) in [5.41, 5.74) is 0.310. The number of carbonyl (C=O) groups is 1. The number of carbonyl (C=O) groups excluding carboxylic acids is 1. The predicted octanol–water partition coefficient (Wildman–Crippen LogP) is 2.68. The van der Waals surface area contributed by atoms with Gasteiger partial charge in [-0.2, -0.15) is 0 Å². The Balaban J connectivity index is 1.28. The molecule has 2 atom stereocenters. The molecule has 1 heterocycles. The molecule has 27 heavy (non-hydrogen) atoms. The zero-order chi connectivity index (χ0) is 18.6. The van der Waals surface area contributed by atoms with E-state index >= 15 is 0 Å². The maximum Gasteiger partial charge on any atom is 0.229 e. The van der Waals surface area contributed by atoms with Gasteiger partial charge in [0.2, 0.25) is 5.91 Å². The van der Waals surface area contributed by atoms with Crippen LogP contribution in [0.25, 0.3) is 0 Å².